The number of amides is 1. The first kappa shape index (κ1) is 12.8. The maximum atomic E-state index is 12.4. The third kappa shape index (κ3) is 2.47. The number of hydrogen-bond donors (Lipinski definition) is 1. The molecule has 1 saturated carbocycles. The van der Waals surface area contributed by atoms with Gasteiger partial charge in [-0.3, -0.25) is 4.79 Å². The smallest absolute Gasteiger partial charge is 0.240 e. The highest BCUT2D eigenvalue weighted by Gasteiger charge is 2.41. The molecule has 2 rings (SSSR count). The van der Waals surface area contributed by atoms with Crippen LogP contribution in [0.5, 0.6) is 0 Å². The van der Waals surface area contributed by atoms with Crippen LogP contribution in [0.25, 0.3) is 0 Å². The van der Waals surface area contributed by atoms with E-state index in [4.69, 9.17) is 10.5 Å². The highest BCUT2D eigenvalue weighted by atomic mass is 16.5. The fourth-order valence-corrected chi connectivity index (χ4v) is 2.75. The van der Waals surface area contributed by atoms with Gasteiger partial charge in [0, 0.05) is 6.54 Å². The molecule has 0 aromatic rings. The Labute approximate surface area is 103 Å². The van der Waals surface area contributed by atoms with E-state index in [-0.39, 0.29) is 23.5 Å². The van der Waals surface area contributed by atoms with Crippen molar-refractivity contribution in [3.05, 3.63) is 0 Å². The van der Waals surface area contributed by atoms with Crippen molar-refractivity contribution in [3.8, 4) is 0 Å². The molecule has 0 radical (unpaired) electrons. The van der Waals surface area contributed by atoms with Gasteiger partial charge in [0.15, 0.2) is 0 Å². The van der Waals surface area contributed by atoms with Crippen molar-refractivity contribution in [2.24, 2.45) is 11.1 Å². The molecule has 0 aromatic heterocycles. The van der Waals surface area contributed by atoms with Gasteiger partial charge in [0.2, 0.25) is 5.91 Å². The molecule has 1 aliphatic heterocycles. The number of rotatable bonds is 1. The minimum Gasteiger partial charge on any atom is -0.374 e. The monoisotopic (exact) mass is 240 g/mol. The zero-order valence-corrected chi connectivity index (χ0v) is 11.1. The molecule has 2 fully saturated rings. The van der Waals surface area contributed by atoms with Crippen molar-refractivity contribution in [2.75, 3.05) is 13.2 Å². The first-order chi connectivity index (χ1) is 7.91. The fourth-order valence-electron chi connectivity index (χ4n) is 2.75. The number of nitrogens with zero attached hydrogens (tertiary/aromatic N) is 1. The highest BCUT2D eigenvalue weighted by Crippen LogP contribution is 2.31. The van der Waals surface area contributed by atoms with Crippen LogP contribution in [-0.2, 0) is 9.53 Å². The summed E-state index contributed by atoms with van der Waals surface area (Å²) in [4.78, 5) is 14.4. The molecule has 3 unspecified atom stereocenters. The van der Waals surface area contributed by atoms with Crippen LogP contribution in [0, 0.1) is 5.41 Å². The van der Waals surface area contributed by atoms with Gasteiger partial charge in [0.25, 0.3) is 0 Å². The summed E-state index contributed by atoms with van der Waals surface area (Å²) in [6, 6.07) is -0.147. The molecule has 2 N–H and O–H groups in total. The minimum atomic E-state index is -0.415. The lowest BCUT2D eigenvalue weighted by molar-refractivity contribution is -0.147. The number of carbonyl (C=O) groups is 1. The largest absolute Gasteiger partial charge is 0.374 e. The van der Waals surface area contributed by atoms with E-state index in [1.54, 1.807) is 0 Å². The lowest BCUT2D eigenvalue weighted by Gasteiger charge is -2.41. The third-order valence-corrected chi connectivity index (χ3v) is 3.96. The molecule has 4 nitrogen and oxygen atoms in total. The molecular weight excluding hydrogens is 216 g/mol. The SMILES string of the molecule is CC(C)(C)C(N)C(=O)N1CCOC2CCCC21. The second kappa shape index (κ2) is 4.58. The molecule has 1 heterocycles. The molecule has 3 atom stereocenters. The van der Waals surface area contributed by atoms with Crippen molar-refractivity contribution >= 4 is 5.91 Å². The molecule has 2 aliphatic rings. The van der Waals surface area contributed by atoms with Gasteiger partial charge < -0.3 is 15.4 Å². The standard InChI is InChI=1S/C13H24N2O2/c1-13(2,3)11(14)12(16)15-7-8-17-10-6-4-5-9(10)15/h9-11H,4-8,14H2,1-3H3. The third-order valence-electron chi connectivity index (χ3n) is 3.96. The topological polar surface area (TPSA) is 55.6 Å². The summed E-state index contributed by atoms with van der Waals surface area (Å²) in [5.74, 6) is 0.0951. The highest BCUT2D eigenvalue weighted by molar-refractivity contribution is 5.83. The van der Waals surface area contributed by atoms with Crippen LogP contribution in [0.15, 0.2) is 0 Å². The van der Waals surface area contributed by atoms with Gasteiger partial charge in [-0.05, 0) is 24.7 Å². The normalized spacial score (nSPS) is 31.2. The van der Waals surface area contributed by atoms with Crippen LogP contribution in [0.2, 0.25) is 0 Å². The number of morpholine rings is 1. The Morgan fingerprint density at radius 1 is 1.41 bits per heavy atom. The Balaban J connectivity index is 2.08. The lowest BCUT2D eigenvalue weighted by Crippen LogP contribution is -2.58. The summed E-state index contributed by atoms with van der Waals surface area (Å²) < 4.78 is 5.71. The van der Waals surface area contributed by atoms with Crippen molar-refractivity contribution in [1.82, 2.24) is 4.90 Å². The molecular formula is C13H24N2O2. The predicted octanol–water partition coefficient (Wildman–Crippen LogP) is 1.14. The van der Waals surface area contributed by atoms with Gasteiger partial charge in [-0.2, -0.15) is 0 Å². The lowest BCUT2D eigenvalue weighted by atomic mass is 9.86. The Morgan fingerprint density at radius 2 is 2.12 bits per heavy atom. The summed E-state index contributed by atoms with van der Waals surface area (Å²) in [5, 5.41) is 0. The van der Waals surface area contributed by atoms with Crippen molar-refractivity contribution in [2.45, 2.75) is 58.2 Å². The number of fused-ring (bicyclic) bond motifs is 1. The molecule has 1 amide bonds. The summed E-state index contributed by atoms with van der Waals surface area (Å²) in [6.45, 7) is 7.40. The quantitative estimate of drug-likeness (QED) is 0.748. The second-order valence-corrected chi connectivity index (χ2v) is 6.28. The van der Waals surface area contributed by atoms with E-state index >= 15 is 0 Å². The van der Waals surface area contributed by atoms with E-state index in [0.717, 1.165) is 19.3 Å². The predicted molar refractivity (Wildman–Crippen MR) is 66.5 cm³/mol. The number of nitrogens with two attached hydrogens (primary N) is 1. The first-order valence-corrected chi connectivity index (χ1v) is 6.59. The van der Waals surface area contributed by atoms with E-state index < -0.39 is 6.04 Å². The molecule has 98 valence electrons. The van der Waals surface area contributed by atoms with E-state index in [2.05, 4.69) is 0 Å². The summed E-state index contributed by atoms with van der Waals surface area (Å²) >= 11 is 0. The summed E-state index contributed by atoms with van der Waals surface area (Å²) in [6.07, 6.45) is 3.55. The van der Waals surface area contributed by atoms with Crippen LogP contribution in [0.3, 0.4) is 0 Å². The maximum absolute atomic E-state index is 12.4. The number of ether oxygens (including phenoxy) is 1. The van der Waals surface area contributed by atoms with E-state index in [9.17, 15) is 4.79 Å². The molecule has 0 aromatic carbocycles. The molecule has 1 aliphatic carbocycles. The zero-order chi connectivity index (χ0) is 12.6. The average molecular weight is 240 g/mol. The number of hydrogen-bond acceptors (Lipinski definition) is 3. The van der Waals surface area contributed by atoms with Gasteiger partial charge in [0.1, 0.15) is 0 Å². The van der Waals surface area contributed by atoms with Crippen molar-refractivity contribution in [1.29, 1.82) is 0 Å². The Morgan fingerprint density at radius 3 is 2.76 bits per heavy atom. The Bertz CT molecular complexity index is 298. The molecule has 0 spiro atoms. The molecule has 1 saturated heterocycles. The van der Waals surface area contributed by atoms with Crippen LogP contribution >= 0.6 is 0 Å². The van der Waals surface area contributed by atoms with Gasteiger partial charge in [-0.15, -0.1) is 0 Å². The van der Waals surface area contributed by atoms with Gasteiger partial charge in [0.05, 0.1) is 24.8 Å². The minimum absolute atomic E-state index is 0.0951. The average Bonchev–Trinajstić information content (AvgIpc) is 2.73. The van der Waals surface area contributed by atoms with Crippen LogP contribution in [0.4, 0.5) is 0 Å². The van der Waals surface area contributed by atoms with E-state index in [1.807, 2.05) is 25.7 Å². The Kier molecular flexibility index (Phi) is 3.46. The van der Waals surface area contributed by atoms with Crippen LogP contribution in [0.1, 0.15) is 40.0 Å². The first-order valence-electron chi connectivity index (χ1n) is 6.59. The van der Waals surface area contributed by atoms with Gasteiger partial charge >= 0.3 is 0 Å². The van der Waals surface area contributed by atoms with E-state index in [1.165, 1.54) is 0 Å². The van der Waals surface area contributed by atoms with Crippen molar-refractivity contribution < 1.29 is 9.53 Å². The van der Waals surface area contributed by atoms with Gasteiger partial charge in [-0.25, -0.2) is 0 Å². The van der Waals surface area contributed by atoms with Crippen LogP contribution < -0.4 is 5.73 Å². The number of carbonyl (C=O) groups excluding carboxylic acids is 1. The van der Waals surface area contributed by atoms with Crippen molar-refractivity contribution in [3.63, 3.8) is 0 Å². The van der Waals surface area contributed by atoms with Gasteiger partial charge in [-0.1, -0.05) is 20.8 Å². The maximum Gasteiger partial charge on any atom is 0.240 e. The fraction of sp³-hybridized carbons (Fsp3) is 0.923. The summed E-state index contributed by atoms with van der Waals surface area (Å²) in [5.41, 5.74) is 5.90. The zero-order valence-electron chi connectivity index (χ0n) is 11.1. The molecule has 4 heteroatoms. The Hall–Kier alpha value is -0.610. The van der Waals surface area contributed by atoms with Crippen LogP contribution in [-0.4, -0.2) is 42.1 Å². The second-order valence-electron chi connectivity index (χ2n) is 6.28. The van der Waals surface area contributed by atoms with E-state index in [0.29, 0.717) is 13.2 Å². The molecule has 17 heavy (non-hydrogen) atoms. The molecule has 0 bridgehead atoms. The summed E-state index contributed by atoms with van der Waals surface area (Å²) in [7, 11) is 0.